The van der Waals surface area contributed by atoms with Gasteiger partial charge in [0.15, 0.2) is 5.82 Å². The van der Waals surface area contributed by atoms with E-state index in [1.807, 2.05) is 0 Å². The number of amides is 2. The molecule has 1 aromatic rings. The van der Waals surface area contributed by atoms with Crippen LogP contribution in [0.4, 0.5) is 4.79 Å². The van der Waals surface area contributed by atoms with Crippen molar-refractivity contribution in [3.8, 4) is 0 Å². The maximum atomic E-state index is 12.1. The highest BCUT2D eigenvalue weighted by Gasteiger charge is 2.25. The van der Waals surface area contributed by atoms with Crippen LogP contribution in [0.5, 0.6) is 0 Å². The Morgan fingerprint density at radius 1 is 1.52 bits per heavy atom. The third-order valence-corrected chi connectivity index (χ3v) is 3.26. The Hall–Kier alpha value is -2.23. The summed E-state index contributed by atoms with van der Waals surface area (Å²) in [5, 5.41) is 24.7. The third-order valence-electron chi connectivity index (χ3n) is 3.26. The van der Waals surface area contributed by atoms with Crippen molar-refractivity contribution < 1.29 is 19.4 Å². The second-order valence-electron chi connectivity index (χ2n) is 4.83. The van der Waals surface area contributed by atoms with E-state index in [0.717, 1.165) is 0 Å². The molecule has 2 heterocycles. The van der Waals surface area contributed by atoms with Gasteiger partial charge in [0, 0.05) is 13.1 Å². The summed E-state index contributed by atoms with van der Waals surface area (Å²) in [5.41, 5.74) is 0. The number of likely N-dealkylation sites (tertiary alicyclic amines) is 1. The van der Waals surface area contributed by atoms with Crippen LogP contribution in [0, 0.1) is 0 Å². The van der Waals surface area contributed by atoms with Crippen LogP contribution in [0.3, 0.4) is 0 Å². The standard InChI is InChI=1S/C11H18N6O4/c1-7(10-13-15-16-14-10)12-11(20)17-4-2-8(3-5-17)21-6-9(18)19/h7-8H,2-6H2,1H3,(H,12,20)(H,18,19)(H,13,14,15,16). The van der Waals surface area contributed by atoms with Gasteiger partial charge in [0.2, 0.25) is 0 Å². The minimum Gasteiger partial charge on any atom is -0.480 e. The number of carboxylic acid groups (broad SMARTS) is 1. The molecule has 0 aromatic carbocycles. The molecule has 10 heteroatoms. The van der Waals surface area contributed by atoms with Crippen LogP contribution < -0.4 is 5.32 Å². The van der Waals surface area contributed by atoms with Gasteiger partial charge in [-0.1, -0.05) is 5.21 Å². The highest BCUT2D eigenvalue weighted by molar-refractivity contribution is 5.74. The Morgan fingerprint density at radius 3 is 2.81 bits per heavy atom. The molecular weight excluding hydrogens is 280 g/mol. The van der Waals surface area contributed by atoms with Gasteiger partial charge in [-0.3, -0.25) is 0 Å². The lowest BCUT2D eigenvalue weighted by molar-refractivity contribution is -0.145. The van der Waals surface area contributed by atoms with Gasteiger partial charge in [-0.15, -0.1) is 10.2 Å². The van der Waals surface area contributed by atoms with Crippen molar-refractivity contribution in [2.45, 2.75) is 31.9 Å². The molecular formula is C11H18N6O4. The van der Waals surface area contributed by atoms with Crippen LogP contribution >= 0.6 is 0 Å². The number of hydrogen-bond acceptors (Lipinski definition) is 6. The normalized spacial score (nSPS) is 17.5. The highest BCUT2D eigenvalue weighted by atomic mass is 16.5. The van der Waals surface area contributed by atoms with Crippen LogP contribution in [0.1, 0.15) is 31.6 Å². The Kier molecular flexibility index (Phi) is 5.04. The highest BCUT2D eigenvalue weighted by Crippen LogP contribution is 2.14. The monoisotopic (exact) mass is 298 g/mol. The number of rotatable bonds is 5. The first-order valence-corrected chi connectivity index (χ1v) is 6.68. The fourth-order valence-corrected chi connectivity index (χ4v) is 2.11. The number of tetrazole rings is 1. The van der Waals surface area contributed by atoms with Crippen LogP contribution in [0.25, 0.3) is 0 Å². The minimum absolute atomic E-state index is 0.111. The van der Waals surface area contributed by atoms with E-state index in [4.69, 9.17) is 9.84 Å². The van der Waals surface area contributed by atoms with E-state index in [9.17, 15) is 9.59 Å². The van der Waals surface area contributed by atoms with Crippen molar-refractivity contribution in [3.05, 3.63) is 5.82 Å². The predicted molar refractivity (Wildman–Crippen MR) is 69.3 cm³/mol. The molecule has 1 fully saturated rings. The number of piperidine rings is 1. The number of carbonyl (C=O) groups is 2. The maximum Gasteiger partial charge on any atom is 0.329 e. The van der Waals surface area contributed by atoms with Gasteiger partial charge < -0.3 is 20.1 Å². The number of carboxylic acids is 1. The molecule has 1 unspecified atom stereocenters. The van der Waals surface area contributed by atoms with Crippen molar-refractivity contribution in [1.82, 2.24) is 30.8 Å². The Balaban J connectivity index is 1.74. The first kappa shape index (κ1) is 15.2. The smallest absolute Gasteiger partial charge is 0.329 e. The van der Waals surface area contributed by atoms with E-state index in [1.54, 1.807) is 11.8 Å². The first-order valence-electron chi connectivity index (χ1n) is 6.68. The Labute approximate surface area is 120 Å². The minimum atomic E-state index is -0.982. The van der Waals surface area contributed by atoms with Crippen LogP contribution in [0.2, 0.25) is 0 Å². The van der Waals surface area contributed by atoms with Gasteiger partial charge in [0.1, 0.15) is 6.61 Å². The summed E-state index contributed by atoms with van der Waals surface area (Å²) in [5.74, 6) is -0.563. The topological polar surface area (TPSA) is 133 Å². The number of aromatic amines is 1. The van der Waals surface area contributed by atoms with E-state index < -0.39 is 5.97 Å². The van der Waals surface area contributed by atoms with Crippen molar-refractivity contribution in [3.63, 3.8) is 0 Å². The first-order chi connectivity index (χ1) is 10.1. The number of urea groups is 1. The summed E-state index contributed by atoms with van der Waals surface area (Å²) >= 11 is 0. The zero-order valence-electron chi connectivity index (χ0n) is 11.7. The van der Waals surface area contributed by atoms with Gasteiger partial charge in [0.05, 0.1) is 12.1 Å². The molecule has 116 valence electrons. The van der Waals surface area contributed by atoms with Crippen LogP contribution in [-0.4, -0.2) is 68.4 Å². The van der Waals surface area contributed by atoms with Gasteiger partial charge in [-0.25, -0.2) is 9.59 Å². The molecule has 1 saturated heterocycles. The number of nitrogens with one attached hydrogen (secondary N) is 2. The number of hydrogen-bond donors (Lipinski definition) is 3. The number of H-pyrrole nitrogens is 1. The van der Waals surface area contributed by atoms with E-state index in [0.29, 0.717) is 31.8 Å². The summed E-state index contributed by atoms with van der Waals surface area (Å²) in [6.45, 7) is 2.52. The predicted octanol–water partition coefficient (Wildman–Crippen LogP) is -0.464. The van der Waals surface area contributed by atoms with Gasteiger partial charge in [-0.05, 0) is 19.8 Å². The summed E-state index contributed by atoms with van der Waals surface area (Å²) in [4.78, 5) is 24.2. The zero-order valence-corrected chi connectivity index (χ0v) is 11.7. The van der Waals surface area contributed by atoms with E-state index >= 15 is 0 Å². The quantitative estimate of drug-likeness (QED) is 0.669. The third kappa shape index (κ3) is 4.38. The summed E-state index contributed by atoms with van der Waals surface area (Å²) in [6, 6.07) is -0.541. The van der Waals surface area contributed by atoms with Crippen LogP contribution in [0.15, 0.2) is 0 Å². The molecule has 0 spiro atoms. The Morgan fingerprint density at radius 2 is 2.24 bits per heavy atom. The number of aromatic nitrogens is 4. The lowest BCUT2D eigenvalue weighted by Crippen LogP contribution is -2.46. The zero-order chi connectivity index (χ0) is 15.2. The van der Waals surface area contributed by atoms with E-state index in [-0.39, 0.29) is 24.8 Å². The molecule has 0 radical (unpaired) electrons. The van der Waals surface area contributed by atoms with Gasteiger partial charge >= 0.3 is 12.0 Å². The number of ether oxygens (including phenoxy) is 1. The second-order valence-corrected chi connectivity index (χ2v) is 4.83. The summed E-state index contributed by atoms with van der Waals surface area (Å²) < 4.78 is 5.22. The Bertz CT molecular complexity index is 471. The maximum absolute atomic E-state index is 12.1. The fourth-order valence-electron chi connectivity index (χ4n) is 2.11. The number of nitrogens with zero attached hydrogens (tertiary/aromatic N) is 4. The molecule has 1 aromatic heterocycles. The molecule has 2 amide bonds. The SMILES string of the molecule is CC(NC(=O)N1CCC(OCC(=O)O)CC1)c1nn[nH]n1. The van der Waals surface area contributed by atoms with E-state index in [2.05, 4.69) is 25.9 Å². The molecule has 0 aliphatic carbocycles. The fraction of sp³-hybridized carbons (Fsp3) is 0.727. The molecule has 3 N–H and O–H groups in total. The van der Waals surface area contributed by atoms with E-state index in [1.165, 1.54) is 0 Å². The molecule has 10 nitrogen and oxygen atoms in total. The molecule has 1 aliphatic heterocycles. The largest absolute Gasteiger partial charge is 0.480 e. The average Bonchev–Trinajstić information content (AvgIpc) is 3.00. The van der Waals surface area contributed by atoms with Crippen molar-refractivity contribution in [2.24, 2.45) is 0 Å². The lowest BCUT2D eigenvalue weighted by atomic mass is 10.1. The molecule has 1 aliphatic rings. The van der Waals surface area contributed by atoms with Gasteiger partial charge in [-0.2, -0.15) is 5.21 Å². The average molecular weight is 298 g/mol. The molecule has 1 atom stereocenters. The van der Waals surface area contributed by atoms with Gasteiger partial charge in [0.25, 0.3) is 0 Å². The van der Waals surface area contributed by atoms with Crippen molar-refractivity contribution in [1.29, 1.82) is 0 Å². The van der Waals surface area contributed by atoms with Crippen molar-refractivity contribution in [2.75, 3.05) is 19.7 Å². The lowest BCUT2D eigenvalue weighted by Gasteiger charge is -2.32. The molecule has 2 rings (SSSR count). The molecule has 0 bridgehead atoms. The molecule has 0 saturated carbocycles. The van der Waals surface area contributed by atoms with Crippen LogP contribution in [-0.2, 0) is 9.53 Å². The second kappa shape index (κ2) is 6.97. The number of aliphatic carboxylic acids is 1. The number of carbonyl (C=O) groups excluding carboxylic acids is 1. The summed E-state index contributed by atoms with van der Waals surface area (Å²) in [6.07, 6.45) is 1.13. The molecule has 21 heavy (non-hydrogen) atoms. The summed E-state index contributed by atoms with van der Waals surface area (Å²) in [7, 11) is 0. The van der Waals surface area contributed by atoms with Crippen molar-refractivity contribution >= 4 is 12.0 Å².